The van der Waals surface area contributed by atoms with Crippen LogP contribution in [-0.2, 0) is 5.41 Å². The molecule has 1 heterocycles. The van der Waals surface area contributed by atoms with E-state index in [4.69, 9.17) is 0 Å². The topological polar surface area (TPSA) is 16.1 Å². The molecule has 0 N–H and O–H groups in total. The number of anilines is 3. The second kappa shape index (κ2) is 9.43. The van der Waals surface area contributed by atoms with E-state index < -0.39 is 0 Å². The maximum absolute atomic E-state index is 4.56. The average Bonchev–Trinajstić information content (AvgIpc) is 3.28. The number of aromatic nitrogens is 1. The molecule has 7 aromatic rings. The molecule has 6 aromatic carbocycles. The Kier molecular flexibility index (Phi) is 5.52. The van der Waals surface area contributed by atoms with Crippen LogP contribution in [0.1, 0.15) is 25.0 Å². The summed E-state index contributed by atoms with van der Waals surface area (Å²) in [5.41, 5.74) is 10.8. The Morgan fingerprint density at radius 1 is 0.548 bits per heavy atom. The summed E-state index contributed by atoms with van der Waals surface area (Å²) in [6.45, 7) is 4.75. The molecule has 2 heteroatoms. The van der Waals surface area contributed by atoms with Crippen LogP contribution in [0.4, 0.5) is 17.1 Å². The quantitative estimate of drug-likeness (QED) is 0.222. The van der Waals surface area contributed by atoms with Crippen molar-refractivity contribution in [3.8, 4) is 22.4 Å². The molecule has 0 aliphatic heterocycles. The zero-order valence-corrected chi connectivity index (χ0v) is 23.8. The van der Waals surface area contributed by atoms with Crippen LogP contribution in [0, 0.1) is 0 Å². The van der Waals surface area contributed by atoms with Crippen LogP contribution < -0.4 is 4.90 Å². The predicted octanol–water partition coefficient (Wildman–Crippen LogP) is 10.8. The summed E-state index contributed by atoms with van der Waals surface area (Å²) in [5.74, 6) is 0. The minimum atomic E-state index is -0.130. The van der Waals surface area contributed by atoms with Crippen LogP contribution in [0.15, 0.2) is 146 Å². The van der Waals surface area contributed by atoms with Gasteiger partial charge in [-0.3, -0.25) is 4.98 Å². The first kappa shape index (κ1) is 24.6. The Hall–Kier alpha value is -5.21. The second-order valence-electron chi connectivity index (χ2n) is 11.7. The third-order valence-electron chi connectivity index (χ3n) is 8.87. The summed E-state index contributed by atoms with van der Waals surface area (Å²) in [7, 11) is 0. The highest BCUT2D eigenvalue weighted by molar-refractivity contribution is 6.01. The van der Waals surface area contributed by atoms with Gasteiger partial charge in [0.1, 0.15) is 0 Å². The summed E-state index contributed by atoms with van der Waals surface area (Å²) >= 11 is 0. The van der Waals surface area contributed by atoms with Gasteiger partial charge in [-0.1, -0.05) is 111 Å². The fourth-order valence-electron chi connectivity index (χ4n) is 6.87. The molecule has 8 rings (SSSR count). The Morgan fingerprint density at radius 2 is 1.21 bits per heavy atom. The Bertz CT molecular complexity index is 2100. The van der Waals surface area contributed by atoms with E-state index in [0.29, 0.717) is 0 Å². The molecule has 200 valence electrons. The largest absolute Gasteiger partial charge is 0.310 e. The highest BCUT2D eigenvalue weighted by Crippen LogP contribution is 2.53. The van der Waals surface area contributed by atoms with Gasteiger partial charge in [0.15, 0.2) is 0 Å². The molecule has 0 radical (unpaired) electrons. The van der Waals surface area contributed by atoms with Crippen molar-refractivity contribution in [2.24, 2.45) is 0 Å². The average molecular weight is 539 g/mol. The number of nitrogens with zero attached hydrogens (tertiary/aromatic N) is 2. The zero-order valence-electron chi connectivity index (χ0n) is 23.8. The minimum Gasteiger partial charge on any atom is -0.310 e. The first-order valence-corrected chi connectivity index (χ1v) is 14.6. The molecule has 1 aliphatic carbocycles. The van der Waals surface area contributed by atoms with E-state index in [0.717, 1.165) is 28.3 Å². The molecule has 0 amide bonds. The monoisotopic (exact) mass is 538 g/mol. The molecule has 0 atom stereocenters. The lowest BCUT2D eigenvalue weighted by atomic mass is 9.80. The standard InChI is InChI=1S/C40H30N2/c1-40(2)36-26-31(22-24-34(36)35-23-19-28-11-4-6-14-33(28)39(35)40)42(38-16-9-12-27-10-3-5-13-32(27)38)30-20-17-29(18-21-30)37-15-7-8-25-41-37/h3-26H,1-2H3. The lowest BCUT2D eigenvalue weighted by molar-refractivity contribution is 0.666. The van der Waals surface area contributed by atoms with Gasteiger partial charge in [-0.05, 0) is 80.9 Å². The van der Waals surface area contributed by atoms with E-state index in [-0.39, 0.29) is 5.41 Å². The molecule has 0 spiro atoms. The highest BCUT2D eigenvalue weighted by atomic mass is 15.1. The van der Waals surface area contributed by atoms with E-state index in [2.05, 4.69) is 151 Å². The van der Waals surface area contributed by atoms with Crippen molar-refractivity contribution in [1.82, 2.24) is 4.98 Å². The molecule has 1 aromatic heterocycles. The van der Waals surface area contributed by atoms with E-state index in [9.17, 15) is 0 Å². The molecule has 42 heavy (non-hydrogen) atoms. The van der Waals surface area contributed by atoms with E-state index >= 15 is 0 Å². The zero-order chi connectivity index (χ0) is 28.3. The van der Waals surface area contributed by atoms with Gasteiger partial charge in [-0.25, -0.2) is 0 Å². The SMILES string of the molecule is CC1(C)c2cc(N(c3ccc(-c4ccccn4)cc3)c3cccc4ccccc34)ccc2-c2ccc3ccccc3c21. The Balaban J connectivity index is 1.32. The fraction of sp³-hybridized carbons (Fsp3) is 0.0750. The van der Waals surface area contributed by atoms with Crippen LogP contribution >= 0.6 is 0 Å². The summed E-state index contributed by atoms with van der Waals surface area (Å²) in [4.78, 5) is 6.97. The van der Waals surface area contributed by atoms with Crippen LogP contribution in [0.5, 0.6) is 0 Å². The number of fused-ring (bicyclic) bond motifs is 6. The Labute approximate surface area is 246 Å². The van der Waals surface area contributed by atoms with Gasteiger partial charge >= 0.3 is 0 Å². The lowest BCUT2D eigenvalue weighted by Gasteiger charge is -2.29. The maximum atomic E-state index is 4.56. The number of hydrogen-bond acceptors (Lipinski definition) is 2. The Morgan fingerprint density at radius 3 is 2.00 bits per heavy atom. The van der Waals surface area contributed by atoms with Gasteiger partial charge in [0.25, 0.3) is 0 Å². The number of benzene rings is 6. The molecule has 0 fully saturated rings. The number of pyridine rings is 1. The van der Waals surface area contributed by atoms with Crippen molar-refractivity contribution < 1.29 is 0 Å². The fourth-order valence-corrected chi connectivity index (χ4v) is 6.87. The van der Waals surface area contributed by atoms with Crippen molar-refractivity contribution in [3.63, 3.8) is 0 Å². The van der Waals surface area contributed by atoms with Crippen molar-refractivity contribution in [2.45, 2.75) is 19.3 Å². The molecule has 0 bridgehead atoms. The normalized spacial score (nSPS) is 13.2. The molecule has 0 unspecified atom stereocenters. The van der Waals surface area contributed by atoms with E-state index in [1.165, 1.54) is 43.8 Å². The van der Waals surface area contributed by atoms with Gasteiger partial charge in [-0.15, -0.1) is 0 Å². The predicted molar refractivity (Wildman–Crippen MR) is 177 cm³/mol. The van der Waals surface area contributed by atoms with Crippen molar-refractivity contribution in [1.29, 1.82) is 0 Å². The summed E-state index contributed by atoms with van der Waals surface area (Å²) in [6.07, 6.45) is 1.85. The molecular formula is C40H30N2. The molecule has 2 nitrogen and oxygen atoms in total. The molecule has 1 aliphatic rings. The molecular weight excluding hydrogens is 508 g/mol. The summed E-state index contributed by atoms with van der Waals surface area (Å²) in [6, 6.07) is 50.4. The lowest BCUT2D eigenvalue weighted by Crippen LogP contribution is -2.17. The van der Waals surface area contributed by atoms with Crippen molar-refractivity contribution in [2.75, 3.05) is 4.90 Å². The van der Waals surface area contributed by atoms with Gasteiger partial charge < -0.3 is 4.90 Å². The van der Waals surface area contributed by atoms with Gasteiger partial charge in [0, 0.05) is 33.9 Å². The first-order valence-electron chi connectivity index (χ1n) is 14.6. The highest BCUT2D eigenvalue weighted by Gasteiger charge is 2.37. The minimum absolute atomic E-state index is 0.130. The van der Waals surface area contributed by atoms with Crippen molar-refractivity contribution >= 4 is 38.6 Å². The summed E-state index contributed by atoms with van der Waals surface area (Å²) in [5, 5.41) is 5.09. The van der Waals surface area contributed by atoms with E-state index in [1.807, 2.05) is 18.3 Å². The smallest absolute Gasteiger partial charge is 0.0701 e. The maximum Gasteiger partial charge on any atom is 0.0701 e. The van der Waals surface area contributed by atoms with Crippen LogP contribution in [-0.4, -0.2) is 4.98 Å². The second-order valence-corrected chi connectivity index (χ2v) is 11.7. The van der Waals surface area contributed by atoms with Crippen LogP contribution in [0.25, 0.3) is 43.9 Å². The van der Waals surface area contributed by atoms with Gasteiger partial charge in [0.05, 0.1) is 11.4 Å². The third kappa shape index (κ3) is 3.76. The van der Waals surface area contributed by atoms with Crippen molar-refractivity contribution in [3.05, 3.63) is 157 Å². The first-order chi connectivity index (χ1) is 20.6. The molecule has 0 saturated carbocycles. The third-order valence-corrected chi connectivity index (χ3v) is 8.87. The van der Waals surface area contributed by atoms with Gasteiger partial charge in [-0.2, -0.15) is 0 Å². The molecule has 0 saturated heterocycles. The van der Waals surface area contributed by atoms with Crippen LogP contribution in [0.3, 0.4) is 0 Å². The van der Waals surface area contributed by atoms with E-state index in [1.54, 1.807) is 0 Å². The number of rotatable bonds is 4. The summed E-state index contributed by atoms with van der Waals surface area (Å²) < 4.78 is 0. The van der Waals surface area contributed by atoms with Gasteiger partial charge in [0.2, 0.25) is 0 Å². The van der Waals surface area contributed by atoms with Crippen LogP contribution in [0.2, 0.25) is 0 Å². The number of hydrogen-bond donors (Lipinski definition) is 0.